The van der Waals surface area contributed by atoms with E-state index in [0.717, 1.165) is 12.1 Å². The van der Waals surface area contributed by atoms with Crippen LogP contribution in [0.2, 0.25) is 10.0 Å². The van der Waals surface area contributed by atoms with Crippen molar-refractivity contribution in [1.82, 2.24) is 0 Å². The van der Waals surface area contributed by atoms with E-state index in [-0.39, 0.29) is 11.1 Å². The maximum Gasteiger partial charge on any atom is 0.417 e. The van der Waals surface area contributed by atoms with Crippen LogP contribution in [0.5, 0.6) is 0 Å². The van der Waals surface area contributed by atoms with Crippen LogP contribution in [0.3, 0.4) is 0 Å². The minimum atomic E-state index is -4.94. The van der Waals surface area contributed by atoms with E-state index >= 15 is 0 Å². The Morgan fingerprint density at radius 1 is 1.06 bits per heavy atom. The lowest BCUT2D eigenvalue weighted by molar-refractivity contribution is -0.0690. The van der Waals surface area contributed by atoms with Crippen LogP contribution in [0, 0.1) is 5.82 Å². The third kappa shape index (κ3) is 5.73. The second-order valence-corrected chi connectivity index (χ2v) is 10.2. The molecular weight excluding hydrogens is 503 g/mol. The standard InChI is InChI=1S/C23H18Cl2F4O3S/c1-22(2,3)32-21(31)14-5-4-12(13-6-7-33-20(13)14)18(30)10-15(23(27,28)29)11-8-16(24)19(26)17(25)9-11/h4-5,8-10H,6-7H2,1-3H3/b15-10+. The van der Waals surface area contributed by atoms with Crippen molar-refractivity contribution in [3.63, 3.8) is 0 Å². The monoisotopic (exact) mass is 520 g/mol. The largest absolute Gasteiger partial charge is 0.456 e. The van der Waals surface area contributed by atoms with Crippen molar-refractivity contribution in [2.45, 2.75) is 43.9 Å². The van der Waals surface area contributed by atoms with E-state index < -0.39 is 50.5 Å². The minimum absolute atomic E-state index is 0.0448. The van der Waals surface area contributed by atoms with Crippen molar-refractivity contribution < 1.29 is 31.9 Å². The molecule has 10 heteroatoms. The van der Waals surface area contributed by atoms with Crippen molar-refractivity contribution in [2.24, 2.45) is 0 Å². The van der Waals surface area contributed by atoms with Crippen LogP contribution in [-0.4, -0.2) is 29.3 Å². The Morgan fingerprint density at radius 3 is 2.18 bits per heavy atom. The normalized spacial score (nSPS) is 14.3. The van der Waals surface area contributed by atoms with Crippen molar-refractivity contribution in [2.75, 3.05) is 5.75 Å². The minimum Gasteiger partial charge on any atom is -0.456 e. The molecular formula is C23H18Cl2F4O3S. The number of hydrogen-bond acceptors (Lipinski definition) is 4. The van der Waals surface area contributed by atoms with Gasteiger partial charge >= 0.3 is 12.1 Å². The van der Waals surface area contributed by atoms with Crippen LogP contribution in [0.25, 0.3) is 5.57 Å². The molecule has 176 valence electrons. The summed E-state index contributed by atoms with van der Waals surface area (Å²) in [6.45, 7) is 5.15. The van der Waals surface area contributed by atoms with Crippen LogP contribution in [-0.2, 0) is 11.2 Å². The molecule has 0 saturated heterocycles. The molecule has 0 amide bonds. The summed E-state index contributed by atoms with van der Waals surface area (Å²) in [4.78, 5) is 26.0. The topological polar surface area (TPSA) is 43.4 Å². The fourth-order valence-corrected chi connectivity index (χ4v) is 4.96. The van der Waals surface area contributed by atoms with E-state index in [1.807, 2.05) is 0 Å². The second kappa shape index (κ2) is 9.31. The molecule has 0 N–H and O–H groups in total. The Balaban J connectivity index is 2.07. The van der Waals surface area contributed by atoms with E-state index in [0.29, 0.717) is 28.7 Å². The number of fused-ring (bicyclic) bond motifs is 1. The van der Waals surface area contributed by atoms with Crippen LogP contribution in [0.15, 0.2) is 35.2 Å². The number of esters is 1. The maximum atomic E-state index is 13.8. The lowest BCUT2D eigenvalue weighted by Crippen LogP contribution is -2.24. The van der Waals surface area contributed by atoms with Gasteiger partial charge in [-0.1, -0.05) is 23.2 Å². The first-order valence-electron chi connectivity index (χ1n) is 9.69. The first-order chi connectivity index (χ1) is 15.2. The van der Waals surface area contributed by atoms with E-state index in [1.165, 1.54) is 23.9 Å². The van der Waals surface area contributed by atoms with Gasteiger partial charge in [-0.25, -0.2) is 9.18 Å². The van der Waals surface area contributed by atoms with Crippen molar-refractivity contribution in [3.05, 3.63) is 68.5 Å². The molecule has 3 rings (SSSR count). The molecule has 2 aromatic carbocycles. The molecule has 1 aliphatic rings. The first-order valence-corrected chi connectivity index (χ1v) is 11.4. The molecule has 1 aliphatic heterocycles. The highest BCUT2D eigenvalue weighted by molar-refractivity contribution is 7.99. The lowest BCUT2D eigenvalue weighted by Gasteiger charge is -2.20. The fourth-order valence-electron chi connectivity index (χ4n) is 3.27. The quantitative estimate of drug-likeness (QED) is 0.137. The summed E-state index contributed by atoms with van der Waals surface area (Å²) in [5.74, 6) is -1.97. The number of halogens is 6. The Kier molecular flexibility index (Phi) is 7.22. The fraction of sp³-hybridized carbons (Fsp3) is 0.304. The van der Waals surface area contributed by atoms with E-state index in [1.54, 1.807) is 20.8 Å². The number of hydrogen-bond donors (Lipinski definition) is 0. The molecule has 0 radical (unpaired) electrons. The summed E-state index contributed by atoms with van der Waals surface area (Å²) in [5, 5.41) is -1.20. The van der Waals surface area contributed by atoms with Crippen molar-refractivity contribution in [3.8, 4) is 0 Å². The number of carbonyl (C=O) groups is 2. The summed E-state index contributed by atoms with van der Waals surface area (Å²) in [7, 11) is 0. The zero-order chi connectivity index (χ0) is 24.7. The summed E-state index contributed by atoms with van der Waals surface area (Å²) in [5.41, 5.74) is -1.79. The van der Waals surface area contributed by atoms with E-state index in [2.05, 4.69) is 0 Å². The highest BCUT2D eigenvalue weighted by atomic mass is 35.5. The number of ether oxygens (including phenoxy) is 1. The van der Waals surface area contributed by atoms with Gasteiger partial charge in [0.1, 0.15) is 5.60 Å². The van der Waals surface area contributed by atoms with Gasteiger partial charge in [-0.3, -0.25) is 4.79 Å². The predicted octanol–water partition coefficient (Wildman–Crippen LogP) is 7.56. The van der Waals surface area contributed by atoms with Crippen LogP contribution < -0.4 is 0 Å². The molecule has 0 aliphatic carbocycles. The zero-order valence-electron chi connectivity index (χ0n) is 17.7. The molecule has 0 spiro atoms. The number of rotatable bonds is 4. The first kappa shape index (κ1) is 25.6. The Labute approximate surface area is 202 Å². The van der Waals surface area contributed by atoms with Crippen LogP contribution in [0.4, 0.5) is 17.6 Å². The molecule has 0 aromatic heterocycles. The molecule has 0 saturated carbocycles. The third-order valence-electron chi connectivity index (χ3n) is 4.62. The molecule has 33 heavy (non-hydrogen) atoms. The van der Waals surface area contributed by atoms with Gasteiger partial charge in [0, 0.05) is 16.2 Å². The van der Waals surface area contributed by atoms with E-state index in [9.17, 15) is 27.2 Å². The van der Waals surface area contributed by atoms with Gasteiger partial charge < -0.3 is 4.74 Å². The summed E-state index contributed by atoms with van der Waals surface area (Å²) >= 11 is 12.6. The van der Waals surface area contributed by atoms with Gasteiger partial charge in [0.25, 0.3) is 0 Å². The molecule has 3 nitrogen and oxygen atoms in total. The lowest BCUT2D eigenvalue weighted by atomic mass is 9.95. The van der Waals surface area contributed by atoms with Gasteiger partial charge in [-0.2, -0.15) is 13.2 Å². The Morgan fingerprint density at radius 2 is 1.64 bits per heavy atom. The van der Waals surface area contributed by atoms with Crippen molar-refractivity contribution >= 4 is 52.3 Å². The van der Waals surface area contributed by atoms with Crippen molar-refractivity contribution in [1.29, 1.82) is 0 Å². The number of alkyl halides is 3. The van der Waals surface area contributed by atoms with Gasteiger partial charge in [0.15, 0.2) is 11.6 Å². The predicted molar refractivity (Wildman–Crippen MR) is 121 cm³/mol. The van der Waals surface area contributed by atoms with Gasteiger partial charge in [-0.05, 0) is 68.7 Å². The molecule has 2 aromatic rings. The molecule has 1 heterocycles. The zero-order valence-corrected chi connectivity index (χ0v) is 20.0. The summed E-state index contributed by atoms with van der Waals surface area (Å²) < 4.78 is 60.4. The smallest absolute Gasteiger partial charge is 0.417 e. The molecule has 0 unspecified atom stereocenters. The highest BCUT2D eigenvalue weighted by Gasteiger charge is 2.37. The highest BCUT2D eigenvalue weighted by Crippen LogP contribution is 2.40. The maximum absolute atomic E-state index is 13.8. The second-order valence-electron chi connectivity index (χ2n) is 8.24. The van der Waals surface area contributed by atoms with E-state index in [4.69, 9.17) is 27.9 Å². The average Bonchev–Trinajstić information content (AvgIpc) is 3.16. The number of ketones is 1. The Hall–Kier alpha value is -2.03. The SMILES string of the molecule is CC(C)(C)OC(=O)c1ccc(C(=O)/C=C(\c2cc(Cl)c(F)c(Cl)c2)C(F)(F)F)c2c1SCC2. The van der Waals surface area contributed by atoms with Gasteiger partial charge in [0.2, 0.25) is 0 Å². The number of benzene rings is 2. The number of thioether (sulfide) groups is 1. The molecule has 0 fully saturated rings. The molecule has 0 atom stereocenters. The summed E-state index contributed by atoms with van der Waals surface area (Å²) in [6.07, 6.45) is -4.10. The number of allylic oxidation sites excluding steroid dienone is 2. The van der Waals surface area contributed by atoms with Crippen LogP contribution >= 0.6 is 35.0 Å². The number of carbonyl (C=O) groups excluding carboxylic acids is 2. The third-order valence-corrected chi connectivity index (χ3v) is 6.33. The summed E-state index contributed by atoms with van der Waals surface area (Å²) in [6, 6.07) is 4.23. The van der Waals surface area contributed by atoms with Gasteiger partial charge in [0.05, 0.1) is 21.2 Å². The average molecular weight is 521 g/mol. The van der Waals surface area contributed by atoms with Crippen LogP contribution in [0.1, 0.15) is 52.6 Å². The molecule has 0 bridgehead atoms. The Bertz CT molecular complexity index is 1140. The van der Waals surface area contributed by atoms with Gasteiger partial charge in [-0.15, -0.1) is 11.8 Å².